The molecule has 154 valence electrons. The van der Waals surface area contributed by atoms with Gasteiger partial charge < -0.3 is 14.5 Å². The number of furan rings is 1. The molecule has 0 radical (unpaired) electrons. The summed E-state index contributed by atoms with van der Waals surface area (Å²) in [5, 5.41) is 16.9. The minimum absolute atomic E-state index is 0.0456. The number of amides is 1. The van der Waals surface area contributed by atoms with Crippen LogP contribution in [0.1, 0.15) is 16.1 Å². The molecule has 3 rings (SSSR count). The average Bonchev–Trinajstić information content (AvgIpc) is 3.20. The zero-order valence-corrected chi connectivity index (χ0v) is 17.5. The van der Waals surface area contributed by atoms with E-state index in [1.165, 1.54) is 31.4 Å². The highest BCUT2D eigenvalue weighted by molar-refractivity contribution is 7.80. The quantitative estimate of drug-likeness (QED) is 0.325. The Morgan fingerprint density at radius 1 is 1.20 bits per heavy atom. The Kier molecular flexibility index (Phi) is 6.34. The fraction of sp³-hybridized carbons (Fsp3) is 0.100. The van der Waals surface area contributed by atoms with Gasteiger partial charge in [0.05, 0.1) is 12.0 Å². The van der Waals surface area contributed by atoms with Crippen LogP contribution in [0.5, 0.6) is 5.75 Å². The standard InChI is InChI=1S/C20H16ClN3O5S/c1-11-3-4-12(9-14(11)21)16-7-8-18(29-16)19(25)23-20(30)22-13-5-6-17(28-2)15(10-13)24(26)27/h3-10H,1-2H3,(H2,22,23,25,30). The van der Waals surface area contributed by atoms with Crippen LogP contribution in [0.2, 0.25) is 5.02 Å². The number of halogens is 1. The van der Waals surface area contributed by atoms with Crippen LogP contribution in [0.25, 0.3) is 11.3 Å². The summed E-state index contributed by atoms with van der Waals surface area (Å²) in [4.78, 5) is 22.9. The summed E-state index contributed by atoms with van der Waals surface area (Å²) < 4.78 is 10.5. The molecule has 0 saturated carbocycles. The van der Waals surface area contributed by atoms with Gasteiger partial charge in [0, 0.05) is 22.3 Å². The normalized spacial score (nSPS) is 10.4. The minimum atomic E-state index is -0.576. The maximum atomic E-state index is 12.4. The summed E-state index contributed by atoms with van der Waals surface area (Å²) in [5.41, 5.74) is 1.75. The molecular formula is C20H16ClN3O5S. The number of carbonyl (C=O) groups excluding carboxylic acids is 1. The number of nitrogens with zero attached hydrogens (tertiary/aromatic N) is 1. The largest absolute Gasteiger partial charge is 0.490 e. The number of nitro groups is 1. The van der Waals surface area contributed by atoms with E-state index in [-0.39, 0.29) is 22.3 Å². The van der Waals surface area contributed by atoms with Gasteiger partial charge in [-0.2, -0.15) is 0 Å². The van der Waals surface area contributed by atoms with Crippen molar-refractivity contribution in [1.82, 2.24) is 5.32 Å². The molecule has 0 saturated heterocycles. The molecule has 10 heteroatoms. The summed E-state index contributed by atoms with van der Waals surface area (Å²) in [6.07, 6.45) is 0. The smallest absolute Gasteiger partial charge is 0.312 e. The van der Waals surface area contributed by atoms with Crippen molar-refractivity contribution >= 4 is 46.2 Å². The van der Waals surface area contributed by atoms with E-state index in [2.05, 4.69) is 10.6 Å². The third-order valence-electron chi connectivity index (χ3n) is 4.15. The van der Waals surface area contributed by atoms with E-state index in [1.807, 2.05) is 19.1 Å². The van der Waals surface area contributed by atoms with E-state index in [0.717, 1.165) is 11.1 Å². The molecule has 0 bridgehead atoms. The molecule has 0 aliphatic rings. The molecule has 0 atom stereocenters. The van der Waals surface area contributed by atoms with Crippen LogP contribution in [0, 0.1) is 17.0 Å². The molecule has 0 spiro atoms. The summed E-state index contributed by atoms with van der Waals surface area (Å²) in [6, 6.07) is 12.8. The molecule has 0 aliphatic carbocycles. The molecule has 2 N–H and O–H groups in total. The molecule has 1 amide bonds. The Labute approximate surface area is 181 Å². The maximum absolute atomic E-state index is 12.4. The summed E-state index contributed by atoms with van der Waals surface area (Å²) >= 11 is 11.2. The van der Waals surface area contributed by atoms with Crippen molar-refractivity contribution in [2.24, 2.45) is 0 Å². The van der Waals surface area contributed by atoms with Crippen molar-refractivity contribution in [3.8, 4) is 17.1 Å². The van der Waals surface area contributed by atoms with Crippen molar-refractivity contribution in [3.05, 3.63) is 75.0 Å². The third-order valence-corrected chi connectivity index (χ3v) is 4.76. The second kappa shape index (κ2) is 8.93. The highest BCUT2D eigenvalue weighted by Crippen LogP contribution is 2.30. The first-order chi connectivity index (χ1) is 14.3. The molecule has 0 aliphatic heterocycles. The van der Waals surface area contributed by atoms with Crippen LogP contribution in [-0.2, 0) is 0 Å². The Bertz CT molecular complexity index is 1150. The zero-order valence-electron chi connectivity index (χ0n) is 15.9. The van der Waals surface area contributed by atoms with Gasteiger partial charge in [-0.15, -0.1) is 0 Å². The first kappa shape index (κ1) is 21.3. The highest BCUT2D eigenvalue weighted by Gasteiger charge is 2.17. The van der Waals surface area contributed by atoms with E-state index in [9.17, 15) is 14.9 Å². The van der Waals surface area contributed by atoms with Gasteiger partial charge in [-0.3, -0.25) is 20.2 Å². The number of ether oxygens (including phenoxy) is 1. The zero-order chi connectivity index (χ0) is 21.8. The van der Waals surface area contributed by atoms with E-state index in [4.69, 9.17) is 33.0 Å². The first-order valence-corrected chi connectivity index (χ1v) is 9.38. The average molecular weight is 446 g/mol. The first-order valence-electron chi connectivity index (χ1n) is 8.59. The number of benzene rings is 2. The van der Waals surface area contributed by atoms with Gasteiger partial charge in [0.2, 0.25) is 0 Å². The lowest BCUT2D eigenvalue weighted by Crippen LogP contribution is -2.33. The van der Waals surface area contributed by atoms with Crippen LogP contribution in [-0.4, -0.2) is 23.1 Å². The fourth-order valence-corrected chi connectivity index (χ4v) is 2.99. The lowest BCUT2D eigenvalue weighted by molar-refractivity contribution is -0.385. The minimum Gasteiger partial charge on any atom is -0.490 e. The van der Waals surface area contributed by atoms with Crippen molar-refractivity contribution in [2.45, 2.75) is 6.92 Å². The molecule has 30 heavy (non-hydrogen) atoms. The van der Waals surface area contributed by atoms with Crippen LogP contribution < -0.4 is 15.4 Å². The number of hydrogen-bond donors (Lipinski definition) is 2. The number of rotatable bonds is 5. The lowest BCUT2D eigenvalue weighted by atomic mass is 10.1. The van der Waals surface area contributed by atoms with Crippen LogP contribution in [0.15, 0.2) is 52.9 Å². The van der Waals surface area contributed by atoms with Crippen LogP contribution in [0.4, 0.5) is 11.4 Å². The second-order valence-corrected chi connectivity index (χ2v) is 7.00. The molecular weight excluding hydrogens is 430 g/mol. The molecule has 8 nitrogen and oxygen atoms in total. The number of methoxy groups -OCH3 is 1. The predicted octanol–water partition coefficient (Wildman–Crippen LogP) is 4.95. The Balaban J connectivity index is 1.68. The molecule has 0 unspecified atom stereocenters. The topological polar surface area (TPSA) is 107 Å². The van der Waals surface area contributed by atoms with Crippen LogP contribution >= 0.6 is 23.8 Å². The predicted molar refractivity (Wildman–Crippen MR) is 117 cm³/mol. The van der Waals surface area contributed by atoms with Gasteiger partial charge in [0.1, 0.15) is 5.76 Å². The van der Waals surface area contributed by atoms with Crippen molar-refractivity contribution in [1.29, 1.82) is 0 Å². The van der Waals surface area contributed by atoms with Crippen molar-refractivity contribution < 1.29 is 18.9 Å². The van der Waals surface area contributed by atoms with Gasteiger partial charge in [-0.05, 0) is 55.0 Å². The summed E-state index contributed by atoms with van der Waals surface area (Å²) in [5.74, 6) is 0.0677. The summed E-state index contributed by atoms with van der Waals surface area (Å²) in [7, 11) is 1.34. The molecule has 0 fully saturated rings. The number of thiocarbonyl (C=S) groups is 1. The Morgan fingerprint density at radius 2 is 1.97 bits per heavy atom. The van der Waals surface area contributed by atoms with Gasteiger partial charge in [0.15, 0.2) is 16.6 Å². The second-order valence-electron chi connectivity index (χ2n) is 6.18. The van der Waals surface area contributed by atoms with Gasteiger partial charge >= 0.3 is 5.69 Å². The fourth-order valence-electron chi connectivity index (χ4n) is 2.60. The number of aryl methyl sites for hydroxylation is 1. The van der Waals surface area contributed by atoms with E-state index in [1.54, 1.807) is 12.1 Å². The van der Waals surface area contributed by atoms with Gasteiger partial charge in [-0.25, -0.2) is 0 Å². The Hall–Kier alpha value is -3.43. The number of nitro benzene ring substituents is 1. The third kappa shape index (κ3) is 4.76. The highest BCUT2D eigenvalue weighted by atomic mass is 35.5. The number of nitrogens with one attached hydrogen (secondary N) is 2. The van der Waals surface area contributed by atoms with Gasteiger partial charge in [0.25, 0.3) is 5.91 Å². The molecule has 3 aromatic rings. The lowest BCUT2D eigenvalue weighted by Gasteiger charge is -2.09. The maximum Gasteiger partial charge on any atom is 0.312 e. The van der Waals surface area contributed by atoms with Crippen LogP contribution in [0.3, 0.4) is 0 Å². The number of hydrogen-bond acceptors (Lipinski definition) is 6. The molecule has 1 aromatic heterocycles. The van der Waals surface area contributed by atoms with Crippen molar-refractivity contribution in [3.63, 3.8) is 0 Å². The van der Waals surface area contributed by atoms with E-state index >= 15 is 0 Å². The monoisotopic (exact) mass is 445 g/mol. The van der Waals surface area contributed by atoms with Gasteiger partial charge in [-0.1, -0.05) is 23.7 Å². The molecule has 1 heterocycles. The summed E-state index contributed by atoms with van der Waals surface area (Å²) in [6.45, 7) is 1.89. The van der Waals surface area contributed by atoms with E-state index < -0.39 is 10.8 Å². The number of anilines is 1. The van der Waals surface area contributed by atoms with Crippen molar-refractivity contribution in [2.75, 3.05) is 12.4 Å². The molecule has 2 aromatic carbocycles. The van der Waals surface area contributed by atoms with E-state index in [0.29, 0.717) is 16.5 Å². The SMILES string of the molecule is COc1ccc(NC(=S)NC(=O)c2ccc(-c3ccc(C)c(Cl)c3)o2)cc1[N+](=O)[O-]. The Morgan fingerprint density at radius 3 is 2.63 bits per heavy atom. The number of carbonyl (C=O) groups is 1.